The van der Waals surface area contributed by atoms with Crippen molar-refractivity contribution in [3.05, 3.63) is 6.33 Å². The van der Waals surface area contributed by atoms with E-state index in [1.54, 1.807) is 0 Å². The van der Waals surface area contributed by atoms with Crippen molar-refractivity contribution in [1.82, 2.24) is 20.2 Å². The van der Waals surface area contributed by atoms with Crippen LogP contribution in [0.5, 0.6) is 0 Å². The monoisotopic (exact) mass is 155 g/mol. The molecule has 1 aromatic rings. The van der Waals surface area contributed by atoms with Crippen LogP contribution in [0.1, 0.15) is 0 Å². The Labute approximate surface area is 63.1 Å². The van der Waals surface area contributed by atoms with Gasteiger partial charge in [0.1, 0.15) is 0 Å². The average Bonchev–Trinajstić information content (AvgIpc) is 2.39. The summed E-state index contributed by atoms with van der Waals surface area (Å²) in [5.41, 5.74) is 10.2. The third-order valence-electron chi connectivity index (χ3n) is 0.986. The predicted octanol–water partition coefficient (Wildman–Crippen LogP) is -2.05. The standard InChI is InChI=1S/C4H9N7/c5-4(6)7-1-2-11-9-3-8-10-11/h3H,1-2H2,(H4,5,6,7). The third-order valence-corrected chi connectivity index (χ3v) is 0.986. The van der Waals surface area contributed by atoms with Gasteiger partial charge in [0, 0.05) is 0 Å². The predicted molar refractivity (Wildman–Crippen MR) is 38.5 cm³/mol. The van der Waals surface area contributed by atoms with Crippen LogP contribution >= 0.6 is 0 Å². The molecule has 0 atom stereocenters. The maximum absolute atomic E-state index is 5.09. The van der Waals surface area contributed by atoms with Crippen molar-refractivity contribution in [2.24, 2.45) is 16.5 Å². The fourth-order valence-electron chi connectivity index (χ4n) is 0.559. The first-order valence-electron chi connectivity index (χ1n) is 3.05. The Morgan fingerprint density at radius 1 is 1.55 bits per heavy atom. The lowest BCUT2D eigenvalue weighted by Gasteiger charge is -1.93. The van der Waals surface area contributed by atoms with Crippen LogP contribution in [0.25, 0.3) is 0 Å². The van der Waals surface area contributed by atoms with E-state index in [0.717, 1.165) is 0 Å². The van der Waals surface area contributed by atoms with E-state index in [2.05, 4.69) is 20.4 Å². The minimum Gasteiger partial charge on any atom is -0.370 e. The van der Waals surface area contributed by atoms with Crippen molar-refractivity contribution in [2.45, 2.75) is 6.54 Å². The number of hydrogen-bond donors (Lipinski definition) is 2. The molecule has 1 rings (SSSR count). The van der Waals surface area contributed by atoms with Crippen LogP contribution in [0.3, 0.4) is 0 Å². The first kappa shape index (κ1) is 7.45. The van der Waals surface area contributed by atoms with Crippen molar-refractivity contribution in [2.75, 3.05) is 6.54 Å². The number of rotatable bonds is 3. The van der Waals surface area contributed by atoms with Crippen molar-refractivity contribution >= 4 is 5.96 Å². The molecule has 0 aliphatic carbocycles. The molecule has 0 aromatic carbocycles. The summed E-state index contributed by atoms with van der Waals surface area (Å²) >= 11 is 0. The van der Waals surface area contributed by atoms with E-state index >= 15 is 0 Å². The van der Waals surface area contributed by atoms with E-state index in [1.165, 1.54) is 11.1 Å². The molecule has 0 spiro atoms. The van der Waals surface area contributed by atoms with Crippen LogP contribution in [0.4, 0.5) is 0 Å². The largest absolute Gasteiger partial charge is 0.370 e. The van der Waals surface area contributed by atoms with Crippen molar-refractivity contribution < 1.29 is 0 Å². The lowest BCUT2D eigenvalue weighted by atomic mass is 10.7. The van der Waals surface area contributed by atoms with Crippen LogP contribution in [0.15, 0.2) is 11.3 Å². The molecule has 0 saturated heterocycles. The average molecular weight is 155 g/mol. The topological polar surface area (TPSA) is 108 Å². The molecule has 0 unspecified atom stereocenters. The molecule has 0 aliphatic rings. The van der Waals surface area contributed by atoms with Gasteiger partial charge < -0.3 is 11.5 Å². The molecule has 1 heterocycles. The van der Waals surface area contributed by atoms with Gasteiger partial charge in [0.15, 0.2) is 12.3 Å². The van der Waals surface area contributed by atoms with E-state index in [0.29, 0.717) is 13.1 Å². The highest BCUT2D eigenvalue weighted by atomic mass is 15.6. The van der Waals surface area contributed by atoms with Gasteiger partial charge in [-0.2, -0.15) is 4.80 Å². The fourth-order valence-corrected chi connectivity index (χ4v) is 0.559. The maximum Gasteiger partial charge on any atom is 0.185 e. The first-order valence-corrected chi connectivity index (χ1v) is 3.05. The summed E-state index contributed by atoms with van der Waals surface area (Å²) in [6.45, 7) is 1.01. The van der Waals surface area contributed by atoms with Crippen LogP contribution < -0.4 is 11.5 Å². The molecule has 1 aromatic heterocycles. The molecule has 7 heteroatoms. The number of guanidine groups is 1. The van der Waals surface area contributed by atoms with Gasteiger partial charge in [0.2, 0.25) is 0 Å². The van der Waals surface area contributed by atoms with Crippen LogP contribution in [0.2, 0.25) is 0 Å². The van der Waals surface area contributed by atoms with Gasteiger partial charge in [-0.05, 0) is 5.21 Å². The molecule has 0 fully saturated rings. The van der Waals surface area contributed by atoms with Crippen molar-refractivity contribution in [3.8, 4) is 0 Å². The van der Waals surface area contributed by atoms with Crippen LogP contribution in [0, 0.1) is 0 Å². The first-order chi connectivity index (χ1) is 5.29. The summed E-state index contributed by atoms with van der Waals surface area (Å²) < 4.78 is 0. The number of tetrazole rings is 1. The van der Waals surface area contributed by atoms with Gasteiger partial charge in [-0.15, -0.1) is 10.2 Å². The zero-order valence-electron chi connectivity index (χ0n) is 5.88. The minimum absolute atomic E-state index is 0.0742. The molecule has 0 aliphatic heterocycles. The normalized spacial score (nSPS) is 9.45. The Balaban J connectivity index is 2.30. The Hall–Kier alpha value is -1.66. The Morgan fingerprint density at radius 2 is 2.36 bits per heavy atom. The highest BCUT2D eigenvalue weighted by molar-refractivity contribution is 5.75. The van der Waals surface area contributed by atoms with E-state index in [-0.39, 0.29) is 5.96 Å². The second kappa shape index (κ2) is 3.49. The number of aromatic nitrogens is 4. The molecule has 60 valence electrons. The summed E-state index contributed by atoms with van der Waals surface area (Å²) in [6.07, 6.45) is 1.36. The van der Waals surface area contributed by atoms with Gasteiger partial charge in [-0.25, -0.2) is 0 Å². The number of hydrogen-bond acceptors (Lipinski definition) is 4. The summed E-state index contributed by atoms with van der Waals surface area (Å²) in [6, 6.07) is 0. The number of nitrogens with zero attached hydrogens (tertiary/aromatic N) is 5. The maximum atomic E-state index is 5.09. The highest BCUT2D eigenvalue weighted by Crippen LogP contribution is 1.75. The third kappa shape index (κ3) is 2.61. The quantitative estimate of drug-likeness (QED) is 0.385. The molecule has 11 heavy (non-hydrogen) atoms. The lowest BCUT2D eigenvalue weighted by Crippen LogP contribution is -2.23. The van der Waals surface area contributed by atoms with Gasteiger partial charge >= 0.3 is 0 Å². The molecular weight excluding hydrogens is 146 g/mol. The lowest BCUT2D eigenvalue weighted by molar-refractivity contribution is 0.531. The van der Waals surface area contributed by atoms with Crippen molar-refractivity contribution in [1.29, 1.82) is 0 Å². The second-order valence-corrected chi connectivity index (χ2v) is 1.84. The zero-order valence-corrected chi connectivity index (χ0v) is 5.88. The van der Waals surface area contributed by atoms with Gasteiger partial charge in [-0.3, -0.25) is 4.99 Å². The Bertz CT molecular complexity index is 221. The molecule has 0 radical (unpaired) electrons. The van der Waals surface area contributed by atoms with E-state index < -0.39 is 0 Å². The number of nitrogens with two attached hydrogens (primary N) is 2. The molecular formula is C4H9N7. The molecule has 0 saturated carbocycles. The molecule has 0 amide bonds. The highest BCUT2D eigenvalue weighted by Gasteiger charge is 1.89. The van der Waals surface area contributed by atoms with E-state index in [1.807, 2.05) is 0 Å². The second-order valence-electron chi connectivity index (χ2n) is 1.84. The van der Waals surface area contributed by atoms with E-state index in [9.17, 15) is 0 Å². The molecule has 4 N–H and O–H groups in total. The Morgan fingerprint density at radius 3 is 2.91 bits per heavy atom. The van der Waals surface area contributed by atoms with E-state index in [4.69, 9.17) is 11.5 Å². The minimum atomic E-state index is 0.0742. The Kier molecular flexibility index (Phi) is 2.37. The SMILES string of the molecule is NC(N)=NCCn1ncnn1. The van der Waals surface area contributed by atoms with Gasteiger partial charge in [0.25, 0.3) is 0 Å². The molecule has 0 bridgehead atoms. The van der Waals surface area contributed by atoms with Crippen LogP contribution in [-0.4, -0.2) is 32.7 Å². The molecule has 7 nitrogen and oxygen atoms in total. The smallest absolute Gasteiger partial charge is 0.185 e. The van der Waals surface area contributed by atoms with Gasteiger partial charge in [-0.1, -0.05) is 0 Å². The van der Waals surface area contributed by atoms with Crippen molar-refractivity contribution in [3.63, 3.8) is 0 Å². The summed E-state index contributed by atoms with van der Waals surface area (Å²) in [5, 5.41) is 10.9. The summed E-state index contributed by atoms with van der Waals surface area (Å²) in [5.74, 6) is 0.0742. The van der Waals surface area contributed by atoms with Crippen LogP contribution in [-0.2, 0) is 6.54 Å². The summed E-state index contributed by atoms with van der Waals surface area (Å²) in [7, 11) is 0. The fraction of sp³-hybridized carbons (Fsp3) is 0.500. The summed E-state index contributed by atoms with van der Waals surface area (Å²) in [4.78, 5) is 5.15. The number of aliphatic imine (C=N–C) groups is 1. The zero-order chi connectivity index (χ0) is 8.10. The van der Waals surface area contributed by atoms with Gasteiger partial charge in [0.05, 0.1) is 13.1 Å².